The number of aromatic nitrogens is 2. The van der Waals surface area contributed by atoms with E-state index >= 15 is 0 Å². The molecule has 0 aliphatic carbocycles. The highest BCUT2D eigenvalue weighted by Gasteiger charge is 2.34. The number of benzene rings is 1. The van der Waals surface area contributed by atoms with E-state index in [4.69, 9.17) is 5.26 Å². The average molecular weight is 397 g/mol. The van der Waals surface area contributed by atoms with Crippen molar-refractivity contribution in [3.8, 4) is 6.07 Å². The fraction of sp³-hybridized carbons (Fsp3) is 0.312. The SMILES string of the molecule is N#Cc1ccc(S(=O)(=O)N2CCN(c3nccc(C(F)(F)F)n3)CC2)cc1. The first kappa shape index (κ1) is 19.1. The maximum absolute atomic E-state index is 12.8. The number of sulfonamides is 1. The predicted molar refractivity (Wildman–Crippen MR) is 89.2 cm³/mol. The van der Waals surface area contributed by atoms with Gasteiger partial charge in [0.25, 0.3) is 0 Å². The van der Waals surface area contributed by atoms with Gasteiger partial charge in [0, 0.05) is 32.4 Å². The minimum Gasteiger partial charge on any atom is -0.338 e. The largest absolute Gasteiger partial charge is 0.433 e. The Morgan fingerprint density at radius 2 is 1.67 bits per heavy atom. The number of nitrogens with zero attached hydrogens (tertiary/aromatic N) is 5. The minimum atomic E-state index is -4.57. The molecule has 11 heteroatoms. The molecule has 0 spiro atoms. The van der Waals surface area contributed by atoms with Crippen LogP contribution in [-0.4, -0.2) is 48.9 Å². The van der Waals surface area contributed by atoms with Crippen LogP contribution in [0.15, 0.2) is 41.4 Å². The monoisotopic (exact) mass is 397 g/mol. The molecule has 1 aromatic carbocycles. The van der Waals surface area contributed by atoms with E-state index in [0.717, 1.165) is 12.3 Å². The van der Waals surface area contributed by atoms with Crippen molar-refractivity contribution in [3.05, 3.63) is 47.8 Å². The maximum atomic E-state index is 12.8. The molecular weight excluding hydrogens is 383 g/mol. The molecule has 1 aromatic heterocycles. The summed E-state index contributed by atoms with van der Waals surface area (Å²) in [6.07, 6.45) is -3.54. The van der Waals surface area contributed by atoms with Crippen molar-refractivity contribution >= 4 is 16.0 Å². The third-order valence-corrected chi connectivity index (χ3v) is 5.99. The fourth-order valence-electron chi connectivity index (χ4n) is 2.64. The lowest BCUT2D eigenvalue weighted by molar-refractivity contribution is -0.141. The van der Waals surface area contributed by atoms with E-state index in [1.807, 2.05) is 6.07 Å². The Bertz CT molecular complexity index is 963. The van der Waals surface area contributed by atoms with Crippen LogP contribution in [0.3, 0.4) is 0 Å². The van der Waals surface area contributed by atoms with Crippen molar-refractivity contribution in [2.24, 2.45) is 0 Å². The van der Waals surface area contributed by atoms with Crippen LogP contribution in [0.4, 0.5) is 19.1 Å². The predicted octanol–water partition coefficient (Wildman–Crippen LogP) is 1.88. The molecule has 0 N–H and O–H groups in total. The van der Waals surface area contributed by atoms with Gasteiger partial charge in [-0.2, -0.15) is 22.7 Å². The van der Waals surface area contributed by atoms with Crippen LogP contribution in [0.1, 0.15) is 11.3 Å². The van der Waals surface area contributed by atoms with E-state index in [0.29, 0.717) is 5.56 Å². The molecule has 1 aliphatic heterocycles. The van der Waals surface area contributed by atoms with Gasteiger partial charge in [0.2, 0.25) is 16.0 Å². The number of hydrogen-bond donors (Lipinski definition) is 0. The van der Waals surface area contributed by atoms with Gasteiger partial charge in [-0.15, -0.1) is 0 Å². The Labute approximate surface area is 153 Å². The summed E-state index contributed by atoms with van der Waals surface area (Å²) in [5.41, 5.74) is -0.694. The van der Waals surface area contributed by atoms with Gasteiger partial charge in [-0.25, -0.2) is 18.4 Å². The second-order valence-electron chi connectivity index (χ2n) is 5.77. The van der Waals surface area contributed by atoms with Crippen LogP contribution in [0.5, 0.6) is 0 Å². The maximum Gasteiger partial charge on any atom is 0.433 e. The Kier molecular flexibility index (Phi) is 5.03. The molecule has 0 amide bonds. The highest BCUT2D eigenvalue weighted by atomic mass is 32.2. The Morgan fingerprint density at radius 3 is 2.22 bits per heavy atom. The number of halogens is 3. The molecule has 0 radical (unpaired) electrons. The topological polar surface area (TPSA) is 90.2 Å². The number of piperazine rings is 1. The summed E-state index contributed by atoms with van der Waals surface area (Å²) in [4.78, 5) is 8.96. The van der Waals surface area contributed by atoms with Gasteiger partial charge < -0.3 is 4.90 Å². The normalized spacial score (nSPS) is 16.1. The summed E-state index contributed by atoms with van der Waals surface area (Å²) in [7, 11) is -3.75. The summed E-state index contributed by atoms with van der Waals surface area (Å²) in [5, 5.41) is 8.79. The zero-order valence-electron chi connectivity index (χ0n) is 13.9. The van der Waals surface area contributed by atoms with Crippen molar-refractivity contribution in [2.75, 3.05) is 31.1 Å². The lowest BCUT2D eigenvalue weighted by Crippen LogP contribution is -2.49. The smallest absolute Gasteiger partial charge is 0.338 e. The minimum absolute atomic E-state index is 0.0604. The number of hydrogen-bond acceptors (Lipinski definition) is 6. The lowest BCUT2D eigenvalue weighted by atomic mass is 10.2. The molecule has 2 heterocycles. The second-order valence-corrected chi connectivity index (χ2v) is 7.70. The summed E-state index contributed by atoms with van der Waals surface area (Å²) >= 11 is 0. The van der Waals surface area contributed by atoms with Crippen LogP contribution in [0.2, 0.25) is 0 Å². The third-order valence-electron chi connectivity index (χ3n) is 4.08. The van der Waals surface area contributed by atoms with Crippen molar-refractivity contribution in [3.63, 3.8) is 0 Å². The first-order valence-corrected chi connectivity index (χ1v) is 9.31. The van der Waals surface area contributed by atoms with Crippen molar-refractivity contribution in [2.45, 2.75) is 11.1 Å². The Balaban J connectivity index is 1.72. The van der Waals surface area contributed by atoms with Crippen LogP contribution in [0.25, 0.3) is 0 Å². The van der Waals surface area contributed by atoms with Gasteiger partial charge in [0.05, 0.1) is 16.5 Å². The van der Waals surface area contributed by atoms with Gasteiger partial charge >= 0.3 is 6.18 Å². The standard InChI is InChI=1S/C16H14F3N5O2S/c17-16(18,19)14-5-6-21-15(22-14)23-7-9-24(10-8-23)27(25,26)13-3-1-12(11-20)2-4-13/h1-6H,7-10H2. The Hall–Kier alpha value is -2.71. The molecule has 2 aromatic rings. The van der Waals surface area contributed by atoms with Gasteiger partial charge in [-0.05, 0) is 30.3 Å². The molecule has 7 nitrogen and oxygen atoms in total. The molecule has 0 saturated carbocycles. The molecule has 0 atom stereocenters. The number of nitriles is 1. The van der Waals surface area contributed by atoms with Crippen LogP contribution in [0, 0.1) is 11.3 Å². The van der Waals surface area contributed by atoms with E-state index in [2.05, 4.69) is 9.97 Å². The fourth-order valence-corrected chi connectivity index (χ4v) is 4.06. The molecule has 1 fully saturated rings. The van der Waals surface area contributed by atoms with E-state index in [9.17, 15) is 21.6 Å². The van der Waals surface area contributed by atoms with E-state index in [1.165, 1.54) is 33.5 Å². The molecule has 1 saturated heterocycles. The van der Waals surface area contributed by atoms with Crippen LogP contribution >= 0.6 is 0 Å². The quantitative estimate of drug-likeness (QED) is 0.786. The molecule has 0 bridgehead atoms. The lowest BCUT2D eigenvalue weighted by Gasteiger charge is -2.34. The zero-order chi connectivity index (χ0) is 19.7. The zero-order valence-corrected chi connectivity index (χ0v) is 14.7. The number of anilines is 1. The highest BCUT2D eigenvalue weighted by Crippen LogP contribution is 2.28. The molecule has 142 valence electrons. The average Bonchev–Trinajstić information content (AvgIpc) is 2.67. The van der Waals surface area contributed by atoms with Gasteiger partial charge in [0.15, 0.2) is 0 Å². The highest BCUT2D eigenvalue weighted by molar-refractivity contribution is 7.89. The van der Waals surface area contributed by atoms with E-state index < -0.39 is 21.9 Å². The van der Waals surface area contributed by atoms with Gasteiger partial charge in [-0.3, -0.25) is 0 Å². The van der Waals surface area contributed by atoms with Gasteiger partial charge in [-0.1, -0.05) is 0 Å². The third kappa shape index (κ3) is 4.01. The molecule has 1 aliphatic rings. The summed E-state index contributed by atoms with van der Waals surface area (Å²) in [6.45, 7) is 0.498. The Morgan fingerprint density at radius 1 is 1.04 bits per heavy atom. The summed E-state index contributed by atoms with van der Waals surface area (Å²) in [6, 6.07) is 8.25. The number of alkyl halides is 3. The molecule has 0 unspecified atom stereocenters. The number of rotatable bonds is 3. The van der Waals surface area contributed by atoms with Crippen LogP contribution in [-0.2, 0) is 16.2 Å². The molecule has 3 rings (SSSR count). The van der Waals surface area contributed by atoms with E-state index in [-0.39, 0.29) is 37.0 Å². The first-order valence-electron chi connectivity index (χ1n) is 7.87. The summed E-state index contributed by atoms with van der Waals surface area (Å²) < 4.78 is 64.9. The van der Waals surface area contributed by atoms with Gasteiger partial charge in [0.1, 0.15) is 5.69 Å². The van der Waals surface area contributed by atoms with Crippen molar-refractivity contribution in [1.29, 1.82) is 5.26 Å². The molecular formula is C16H14F3N5O2S. The summed E-state index contributed by atoms with van der Waals surface area (Å²) in [5.74, 6) is -0.0831. The molecule has 27 heavy (non-hydrogen) atoms. The van der Waals surface area contributed by atoms with E-state index in [1.54, 1.807) is 0 Å². The van der Waals surface area contributed by atoms with Crippen molar-refractivity contribution < 1.29 is 21.6 Å². The van der Waals surface area contributed by atoms with Crippen LogP contribution < -0.4 is 4.90 Å². The second kappa shape index (κ2) is 7.13. The first-order chi connectivity index (χ1) is 12.7. The van der Waals surface area contributed by atoms with Crippen molar-refractivity contribution in [1.82, 2.24) is 14.3 Å².